The van der Waals surface area contributed by atoms with Crippen LogP contribution in [0.25, 0.3) is 0 Å². The molecule has 44 valence electrons. The summed E-state index contributed by atoms with van der Waals surface area (Å²) < 4.78 is 0. The highest BCUT2D eigenvalue weighted by Crippen LogP contribution is 1.89. The molecule has 0 atom stereocenters. The molecule has 0 nitrogen and oxygen atoms in total. The summed E-state index contributed by atoms with van der Waals surface area (Å²) in [5.74, 6) is 0. The van der Waals surface area contributed by atoms with E-state index in [9.17, 15) is 0 Å². The maximum absolute atomic E-state index is 3.56. The Balaban J connectivity index is 3.74. The molecule has 0 saturated carbocycles. The van der Waals surface area contributed by atoms with Gasteiger partial charge >= 0.3 is 0 Å². The van der Waals surface area contributed by atoms with E-state index in [1.54, 1.807) is 6.08 Å². The first kappa shape index (κ1) is 7.57. The highest BCUT2D eigenvalue weighted by Gasteiger charge is 1.80. The highest BCUT2D eigenvalue weighted by molar-refractivity contribution is 7.63. The van der Waals surface area contributed by atoms with E-state index < -0.39 is 0 Å². The lowest BCUT2D eigenvalue weighted by molar-refractivity contribution is 1.73. The first-order valence-corrected chi connectivity index (χ1v) is 2.98. The Bertz CT molecular complexity index is 120. The molecule has 0 saturated heterocycles. The summed E-state index contributed by atoms with van der Waals surface area (Å²) in [6, 6.07) is 0. The van der Waals surface area contributed by atoms with Gasteiger partial charge in [0.25, 0.3) is 0 Å². The molecule has 0 aromatic carbocycles. The third-order valence-corrected chi connectivity index (χ3v) is 1.06. The number of rotatable bonds is 2. The molecular formula is C7H11S+. The Morgan fingerprint density at radius 3 is 2.62 bits per heavy atom. The van der Waals surface area contributed by atoms with Gasteiger partial charge < -0.3 is 0 Å². The van der Waals surface area contributed by atoms with Gasteiger partial charge in [-0.15, -0.1) is 0 Å². The van der Waals surface area contributed by atoms with Gasteiger partial charge in [0.2, 0.25) is 0 Å². The Labute approximate surface area is 56.0 Å². The van der Waals surface area contributed by atoms with E-state index in [2.05, 4.69) is 19.2 Å². The molecule has 0 radical (unpaired) electrons. The summed E-state index contributed by atoms with van der Waals surface area (Å²) >= 11 is 3.32. The van der Waals surface area contributed by atoms with Crippen LogP contribution in [0.2, 0.25) is 0 Å². The van der Waals surface area contributed by atoms with Crippen LogP contribution in [-0.2, 0) is 12.6 Å². The van der Waals surface area contributed by atoms with Gasteiger partial charge in [-0.25, -0.2) is 0 Å². The van der Waals surface area contributed by atoms with E-state index in [1.807, 2.05) is 25.2 Å². The Morgan fingerprint density at radius 2 is 2.25 bits per heavy atom. The van der Waals surface area contributed by atoms with Crippen LogP contribution in [0, 0.1) is 0 Å². The number of hydrogen-bond acceptors (Lipinski definition) is 0. The Hall–Kier alpha value is -0.430. The van der Waals surface area contributed by atoms with Crippen molar-refractivity contribution in [1.29, 1.82) is 0 Å². The van der Waals surface area contributed by atoms with Gasteiger partial charge in [-0.05, 0) is 31.7 Å². The Kier molecular flexibility index (Phi) is 4.47. The predicted octanol–water partition coefficient (Wildman–Crippen LogP) is 1.64. The zero-order valence-corrected chi connectivity index (χ0v) is 6.02. The normalized spacial score (nSPS) is 12.5. The van der Waals surface area contributed by atoms with Crippen LogP contribution < -0.4 is 0 Å². The second-order valence-corrected chi connectivity index (χ2v) is 1.93. The van der Waals surface area contributed by atoms with E-state index in [1.165, 1.54) is 0 Å². The molecule has 0 aromatic rings. The van der Waals surface area contributed by atoms with Crippen molar-refractivity contribution < 1.29 is 0 Å². The van der Waals surface area contributed by atoms with Crippen molar-refractivity contribution in [3.05, 3.63) is 35.8 Å². The summed E-state index contributed by atoms with van der Waals surface area (Å²) in [4.78, 5) is 1.00. The second-order valence-electron chi connectivity index (χ2n) is 1.35. The second kappa shape index (κ2) is 4.72. The number of allylic oxidation sites excluding steroid dienone is 4. The fourth-order valence-electron chi connectivity index (χ4n) is 0.268. The van der Waals surface area contributed by atoms with Gasteiger partial charge in [-0.1, -0.05) is 18.7 Å². The van der Waals surface area contributed by atoms with Gasteiger partial charge in [-0.2, -0.15) is 0 Å². The van der Waals surface area contributed by atoms with E-state index in [0.29, 0.717) is 0 Å². The van der Waals surface area contributed by atoms with Crippen LogP contribution >= 0.6 is 0 Å². The molecule has 1 heteroatoms. The largest absolute Gasteiger partial charge is 0.149 e. The van der Waals surface area contributed by atoms with Crippen LogP contribution in [0.15, 0.2) is 35.8 Å². The average molecular weight is 127 g/mol. The van der Waals surface area contributed by atoms with Crippen molar-refractivity contribution in [2.75, 3.05) is 0 Å². The number of hydrogen-bond donors (Lipinski definition) is 0. The third-order valence-electron chi connectivity index (χ3n) is 0.688. The maximum atomic E-state index is 3.56. The van der Waals surface area contributed by atoms with Gasteiger partial charge in [0.1, 0.15) is 4.91 Å². The predicted molar refractivity (Wildman–Crippen MR) is 43.2 cm³/mol. The van der Waals surface area contributed by atoms with Crippen molar-refractivity contribution in [3.63, 3.8) is 0 Å². The molecule has 0 N–H and O–H groups in total. The van der Waals surface area contributed by atoms with Crippen LogP contribution in [0.5, 0.6) is 0 Å². The maximum Gasteiger partial charge on any atom is 0.149 e. The smallest absolute Gasteiger partial charge is 0.0941 e. The average Bonchev–Trinajstić information content (AvgIpc) is 1.83. The molecule has 0 aliphatic heterocycles. The molecular weight excluding hydrogens is 116 g/mol. The molecule has 0 fully saturated rings. The molecule has 0 rings (SSSR count). The standard InChI is InChI=1S/C7H10S/c1-3-5-6-7(8)4-2/h3-6,8H,2H2,1H3/p+1/b5-3-,7-6+. The molecule has 0 spiro atoms. The minimum Gasteiger partial charge on any atom is -0.0941 e. The minimum atomic E-state index is 1.00. The summed E-state index contributed by atoms with van der Waals surface area (Å²) in [5.41, 5.74) is 0. The molecule has 8 heavy (non-hydrogen) atoms. The summed E-state index contributed by atoms with van der Waals surface area (Å²) in [7, 11) is 0. The Morgan fingerprint density at radius 1 is 1.62 bits per heavy atom. The first-order chi connectivity index (χ1) is 3.81. The molecule has 0 unspecified atom stereocenters. The van der Waals surface area contributed by atoms with E-state index in [4.69, 9.17) is 0 Å². The molecule has 0 aliphatic carbocycles. The molecule has 0 bridgehead atoms. The van der Waals surface area contributed by atoms with Crippen LogP contribution in [0.3, 0.4) is 0 Å². The SMILES string of the molecule is C=C/C([SH2+])=C\C=C/C. The topological polar surface area (TPSA) is 0 Å². The first-order valence-electron chi connectivity index (χ1n) is 2.48. The van der Waals surface area contributed by atoms with Gasteiger partial charge in [0, 0.05) is 0 Å². The van der Waals surface area contributed by atoms with Crippen LogP contribution in [0.1, 0.15) is 6.92 Å². The van der Waals surface area contributed by atoms with E-state index in [-0.39, 0.29) is 0 Å². The van der Waals surface area contributed by atoms with Crippen LogP contribution in [-0.4, -0.2) is 0 Å². The minimum absolute atomic E-state index is 1.00. The summed E-state index contributed by atoms with van der Waals surface area (Å²) in [6.07, 6.45) is 7.59. The molecule has 0 aromatic heterocycles. The van der Waals surface area contributed by atoms with Crippen LogP contribution in [0.4, 0.5) is 0 Å². The van der Waals surface area contributed by atoms with E-state index in [0.717, 1.165) is 4.91 Å². The lowest BCUT2D eigenvalue weighted by Crippen LogP contribution is -1.62. The van der Waals surface area contributed by atoms with Crippen molar-refractivity contribution in [1.82, 2.24) is 0 Å². The van der Waals surface area contributed by atoms with Gasteiger partial charge in [0.05, 0.1) is 0 Å². The summed E-state index contributed by atoms with van der Waals surface area (Å²) in [5, 5.41) is 0. The monoisotopic (exact) mass is 127 g/mol. The van der Waals surface area contributed by atoms with Crippen molar-refractivity contribution in [3.8, 4) is 0 Å². The third kappa shape index (κ3) is 3.75. The fraction of sp³-hybridized carbons (Fsp3) is 0.143. The van der Waals surface area contributed by atoms with Gasteiger partial charge in [-0.3, -0.25) is 0 Å². The lowest BCUT2D eigenvalue weighted by Gasteiger charge is -1.72. The molecule has 0 heterocycles. The zero-order valence-electron chi connectivity index (χ0n) is 5.02. The summed E-state index contributed by atoms with van der Waals surface area (Å²) in [6.45, 7) is 5.53. The quantitative estimate of drug-likeness (QED) is 0.391. The molecule has 0 amide bonds. The lowest BCUT2D eigenvalue weighted by atomic mass is 10.4. The highest BCUT2D eigenvalue weighted by atomic mass is 32.1. The van der Waals surface area contributed by atoms with E-state index >= 15 is 0 Å². The zero-order chi connectivity index (χ0) is 6.41. The van der Waals surface area contributed by atoms with Crippen molar-refractivity contribution in [2.45, 2.75) is 6.92 Å². The fourth-order valence-corrected chi connectivity index (χ4v) is 0.364. The molecule has 0 aliphatic rings. The van der Waals surface area contributed by atoms with Crippen molar-refractivity contribution in [2.24, 2.45) is 0 Å². The van der Waals surface area contributed by atoms with Crippen molar-refractivity contribution >= 4 is 12.6 Å². The van der Waals surface area contributed by atoms with Gasteiger partial charge in [0.15, 0.2) is 0 Å².